The van der Waals surface area contributed by atoms with Crippen molar-refractivity contribution in [2.24, 2.45) is 0 Å². The number of aromatic nitrogens is 4. The van der Waals surface area contributed by atoms with Gasteiger partial charge in [0.15, 0.2) is 5.65 Å². The van der Waals surface area contributed by atoms with Crippen LogP contribution in [0.15, 0.2) is 36.7 Å². The predicted molar refractivity (Wildman–Crippen MR) is 122 cm³/mol. The van der Waals surface area contributed by atoms with E-state index in [0.29, 0.717) is 33.6 Å². The van der Waals surface area contributed by atoms with Crippen molar-refractivity contribution in [3.63, 3.8) is 0 Å². The molecular weight excluding hydrogens is 438 g/mol. The molecule has 5 rings (SSSR count). The fourth-order valence-electron chi connectivity index (χ4n) is 4.06. The van der Waals surface area contributed by atoms with E-state index in [-0.39, 0.29) is 30.6 Å². The number of halogens is 3. The first-order valence-electron chi connectivity index (χ1n) is 9.70. The zero-order valence-corrected chi connectivity index (χ0v) is 18.4. The third-order valence-corrected chi connectivity index (χ3v) is 5.56. The number of hydrogen-bond acceptors (Lipinski definition) is 5. The van der Waals surface area contributed by atoms with Crippen molar-refractivity contribution < 1.29 is 4.39 Å². The number of nitrogens with one attached hydrogen (secondary N) is 1. The van der Waals surface area contributed by atoms with Gasteiger partial charge in [0.25, 0.3) is 0 Å². The van der Waals surface area contributed by atoms with E-state index in [0.717, 1.165) is 42.9 Å². The summed E-state index contributed by atoms with van der Waals surface area (Å²) in [5.41, 5.74) is 4.62. The van der Waals surface area contributed by atoms with Crippen molar-refractivity contribution in [3.05, 3.63) is 59.4 Å². The van der Waals surface area contributed by atoms with Crippen molar-refractivity contribution in [3.8, 4) is 17.2 Å². The summed E-state index contributed by atoms with van der Waals surface area (Å²) in [7, 11) is 0. The van der Waals surface area contributed by atoms with Crippen LogP contribution in [0, 0.1) is 24.1 Å². The van der Waals surface area contributed by atoms with Gasteiger partial charge in [0.2, 0.25) is 0 Å². The lowest BCUT2D eigenvalue weighted by Crippen LogP contribution is -2.27. The quantitative estimate of drug-likeness (QED) is 0.475. The highest BCUT2D eigenvalue weighted by atomic mass is 35.5. The Hall–Kier alpha value is -2.79. The molecular formula is C22H21Cl2FN6. The molecule has 3 aromatic heterocycles. The molecule has 0 atom stereocenters. The highest BCUT2D eigenvalue weighted by Crippen LogP contribution is 2.30. The van der Waals surface area contributed by atoms with Crippen LogP contribution in [0.25, 0.3) is 27.7 Å². The van der Waals surface area contributed by atoms with Gasteiger partial charge in [-0.2, -0.15) is 15.5 Å². The largest absolute Gasteiger partial charge is 0.317 e. The highest BCUT2D eigenvalue weighted by molar-refractivity contribution is 5.86. The Kier molecular flexibility index (Phi) is 6.75. The van der Waals surface area contributed by atoms with E-state index in [1.165, 1.54) is 6.07 Å². The summed E-state index contributed by atoms with van der Waals surface area (Å²) in [4.78, 5) is 4.38. The average Bonchev–Trinajstić information content (AvgIpc) is 3.13. The normalized spacial score (nSPS) is 14.1. The summed E-state index contributed by atoms with van der Waals surface area (Å²) in [6, 6.07) is 9.07. The fraction of sp³-hybridized carbons (Fsp3) is 0.273. The van der Waals surface area contributed by atoms with E-state index in [2.05, 4.69) is 26.6 Å². The molecule has 0 aliphatic carbocycles. The van der Waals surface area contributed by atoms with Crippen molar-refractivity contribution in [1.82, 2.24) is 24.9 Å². The van der Waals surface area contributed by atoms with Gasteiger partial charge in [0, 0.05) is 23.7 Å². The molecule has 0 amide bonds. The molecule has 1 aliphatic heterocycles. The number of rotatable bonds is 2. The average molecular weight is 459 g/mol. The molecule has 0 spiro atoms. The molecule has 1 aliphatic rings. The molecule has 0 saturated carbocycles. The number of imidazole rings is 1. The number of aryl methyl sites for hydroxylation is 1. The van der Waals surface area contributed by atoms with E-state index >= 15 is 4.39 Å². The number of nitriles is 1. The highest BCUT2D eigenvalue weighted by Gasteiger charge is 2.19. The Morgan fingerprint density at radius 2 is 1.84 bits per heavy atom. The summed E-state index contributed by atoms with van der Waals surface area (Å²) in [6.45, 7) is 3.77. The zero-order valence-electron chi connectivity index (χ0n) is 16.8. The molecule has 1 fully saturated rings. The third-order valence-electron chi connectivity index (χ3n) is 5.56. The van der Waals surface area contributed by atoms with Gasteiger partial charge >= 0.3 is 0 Å². The second kappa shape index (κ2) is 9.15. The second-order valence-corrected chi connectivity index (χ2v) is 7.55. The maximum absolute atomic E-state index is 15.0. The summed E-state index contributed by atoms with van der Waals surface area (Å²) < 4.78 is 16.8. The fourth-order valence-corrected chi connectivity index (χ4v) is 4.06. The maximum atomic E-state index is 15.0. The third kappa shape index (κ3) is 4.19. The number of fused-ring (bicyclic) bond motifs is 2. The van der Waals surface area contributed by atoms with Gasteiger partial charge in [-0.15, -0.1) is 24.8 Å². The van der Waals surface area contributed by atoms with Crippen LogP contribution in [-0.2, 0) is 0 Å². The lowest BCUT2D eigenvalue weighted by molar-refractivity contribution is 0.451. The SMILES string of the molecule is Cc1cn2cc(-c3cc(F)c4cc(C5CCNCC5)nnc4c3)cc(C#N)c2n1.Cl.Cl. The topological polar surface area (TPSA) is 78.9 Å². The second-order valence-electron chi connectivity index (χ2n) is 7.55. The molecule has 1 N–H and O–H groups in total. The first-order valence-corrected chi connectivity index (χ1v) is 9.70. The van der Waals surface area contributed by atoms with Crippen LogP contribution >= 0.6 is 24.8 Å². The molecule has 0 unspecified atom stereocenters. The van der Waals surface area contributed by atoms with Crippen LogP contribution in [0.2, 0.25) is 0 Å². The van der Waals surface area contributed by atoms with Gasteiger partial charge in [-0.3, -0.25) is 0 Å². The molecule has 160 valence electrons. The number of benzene rings is 1. The Balaban J connectivity index is 0.00000136. The standard InChI is InChI=1S/C22H19FN6.2ClH/c1-13-11-29-12-17(6-16(10-24)22(29)26-13)15-7-19(23)18-9-20(27-28-21(18)8-15)14-2-4-25-5-3-14;;/h6-9,11-12,14,25H,2-5H2,1H3;2*1H. The minimum atomic E-state index is -0.331. The Bertz CT molecular complexity index is 1290. The van der Waals surface area contributed by atoms with E-state index in [4.69, 9.17) is 0 Å². The van der Waals surface area contributed by atoms with Crippen LogP contribution in [0.4, 0.5) is 4.39 Å². The predicted octanol–water partition coefficient (Wildman–Crippen LogP) is 4.57. The molecule has 4 aromatic rings. The summed E-state index contributed by atoms with van der Waals surface area (Å²) in [6.07, 6.45) is 5.68. The van der Waals surface area contributed by atoms with Gasteiger partial charge in [0.1, 0.15) is 11.9 Å². The molecule has 6 nitrogen and oxygen atoms in total. The molecule has 4 heterocycles. The lowest BCUT2D eigenvalue weighted by atomic mass is 9.93. The number of hydrogen-bond donors (Lipinski definition) is 1. The summed E-state index contributed by atoms with van der Waals surface area (Å²) in [5, 5.41) is 22.0. The van der Waals surface area contributed by atoms with Crippen molar-refractivity contribution in [2.45, 2.75) is 25.7 Å². The molecule has 0 radical (unpaired) electrons. The number of piperidine rings is 1. The summed E-state index contributed by atoms with van der Waals surface area (Å²) in [5.74, 6) is -0.0136. The van der Waals surface area contributed by atoms with Crippen molar-refractivity contribution in [2.75, 3.05) is 13.1 Å². The monoisotopic (exact) mass is 458 g/mol. The smallest absolute Gasteiger partial charge is 0.155 e. The Labute approximate surface area is 191 Å². The number of pyridine rings is 1. The van der Waals surface area contributed by atoms with Gasteiger partial charge in [0.05, 0.1) is 22.5 Å². The Morgan fingerprint density at radius 3 is 2.58 bits per heavy atom. The zero-order chi connectivity index (χ0) is 20.0. The first-order chi connectivity index (χ1) is 14.1. The molecule has 9 heteroatoms. The molecule has 1 aromatic carbocycles. The first kappa shape index (κ1) is 22.9. The van der Waals surface area contributed by atoms with Crippen LogP contribution in [0.5, 0.6) is 0 Å². The van der Waals surface area contributed by atoms with Crippen LogP contribution in [0.1, 0.15) is 35.7 Å². The Morgan fingerprint density at radius 1 is 1.06 bits per heavy atom. The molecule has 0 bridgehead atoms. The van der Waals surface area contributed by atoms with Crippen molar-refractivity contribution >= 4 is 41.4 Å². The van der Waals surface area contributed by atoms with E-state index in [1.54, 1.807) is 10.5 Å². The minimum absolute atomic E-state index is 0. The van der Waals surface area contributed by atoms with E-state index in [1.807, 2.05) is 31.5 Å². The summed E-state index contributed by atoms with van der Waals surface area (Å²) >= 11 is 0. The van der Waals surface area contributed by atoms with Crippen LogP contribution < -0.4 is 5.32 Å². The van der Waals surface area contributed by atoms with Gasteiger partial charge in [-0.05, 0) is 68.2 Å². The molecule has 1 saturated heterocycles. The van der Waals surface area contributed by atoms with Crippen LogP contribution in [-0.4, -0.2) is 32.7 Å². The van der Waals surface area contributed by atoms with Gasteiger partial charge in [-0.25, -0.2) is 9.37 Å². The van der Waals surface area contributed by atoms with Gasteiger partial charge < -0.3 is 9.72 Å². The van der Waals surface area contributed by atoms with Crippen LogP contribution in [0.3, 0.4) is 0 Å². The van der Waals surface area contributed by atoms with Crippen molar-refractivity contribution in [1.29, 1.82) is 5.26 Å². The van der Waals surface area contributed by atoms with E-state index in [9.17, 15) is 5.26 Å². The number of nitrogens with zero attached hydrogens (tertiary/aromatic N) is 5. The van der Waals surface area contributed by atoms with Gasteiger partial charge in [-0.1, -0.05) is 0 Å². The van der Waals surface area contributed by atoms with E-state index < -0.39 is 0 Å². The minimum Gasteiger partial charge on any atom is -0.317 e. The maximum Gasteiger partial charge on any atom is 0.155 e. The molecule has 31 heavy (non-hydrogen) atoms. The lowest BCUT2D eigenvalue weighted by Gasteiger charge is -2.21.